The molecule has 1 aliphatic rings. The maximum atomic E-state index is 13.0. The van der Waals surface area contributed by atoms with Gasteiger partial charge in [-0.15, -0.1) is 0 Å². The fourth-order valence-electron chi connectivity index (χ4n) is 3.92. The van der Waals surface area contributed by atoms with Crippen LogP contribution in [0.15, 0.2) is 60.9 Å². The van der Waals surface area contributed by atoms with Gasteiger partial charge in [-0.25, -0.2) is 9.78 Å². The second kappa shape index (κ2) is 10.3. The van der Waals surface area contributed by atoms with Gasteiger partial charge < -0.3 is 30.1 Å². The number of amides is 3. The number of imidazole rings is 1. The van der Waals surface area contributed by atoms with E-state index in [1.165, 1.54) is 4.90 Å². The molecule has 1 aliphatic heterocycles. The summed E-state index contributed by atoms with van der Waals surface area (Å²) in [5.41, 5.74) is 2.08. The molecule has 0 aliphatic carbocycles. The van der Waals surface area contributed by atoms with Crippen LogP contribution in [0.5, 0.6) is 0 Å². The van der Waals surface area contributed by atoms with Crippen LogP contribution in [0.1, 0.15) is 12.2 Å². The average molecular weight is 483 g/mol. The van der Waals surface area contributed by atoms with Crippen molar-refractivity contribution in [3.8, 4) is 5.69 Å². The van der Waals surface area contributed by atoms with Crippen LogP contribution in [0.3, 0.4) is 0 Å². The number of nitrogens with zero attached hydrogens (tertiary/aromatic N) is 4. The molecule has 1 saturated heterocycles. The molecule has 9 nitrogen and oxygen atoms in total. The number of hydrogen-bond donors (Lipinski definition) is 3. The van der Waals surface area contributed by atoms with E-state index in [1.54, 1.807) is 42.6 Å². The molecule has 0 spiro atoms. The van der Waals surface area contributed by atoms with E-state index in [0.717, 1.165) is 11.5 Å². The molecule has 1 fully saturated rings. The van der Waals surface area contributed by atoms with Gasteiger partial charge in [-0.3, -0.25) is 4.79 Å². The van der Waals surface area contributed by atoms with Gasteiger partial charge in [0.1, 0.15) is 11.9 Å². The van der Waals surface area contributed by atoms with Crippen molar-refractivity contribution < 1.29 is 14.7 Å². The first-order chi connectivity index (χ1) is 16.3. The Morgan fingerprint density at radius 2 is 1.74 bits per heavy atom. The number of β-amino-alcohol motifs (C(OH)–C–C–N with tert-alkyl or cyclic N) is 1. The van der Waals surface area contributed by atoms with Gasteiger partial charge in [0.15, 0.2) is 0 Å². The fraction of sp³-hybridized carbons (Fsp3) is 0.292. The zero-order valence-electron chi connectivity index (χ0n) is 19.0. The molecule has 1 aromatic heterocycles. The monoisotopic (exact) mass is 482 g/mol. The SMILES string of the molecule is CN(C)Cc1nccn1-c1ccc(NC(=O)[C@H]2C[C@@H](O)CN2C(=O)Nc2ccc(Cl)cc2)cc1. The minimum absolute atomic E-state index is 0.0751. The Kier molecular flexibility index (Phi) is 7.16. The number of halogens is 1. The molecule has 4 rings (SSSR count). The second-order valence-electron chi connectivity index (χ2n) is 8.48. The number of carbonyl (C=O) groups excluding carboxylic acids is 2. The number of nitrogens with one attached hydrogen (secondary N) is 2. The highest BCUT2D eigenvalue weighted by Crippen LogP contribution is 2.23. The standard InChI is InChI=1S/C24H27ClN6O3/c1-29(2)15-22-26-11-12-30(22)19-9-7-17(8-10-19)27-23(33)21-13-20(32)14-31(21)24(34)28-18-5-3-16(25)4-6-18/h3-12,20-21,32H,13-15H2,1-2H3,(H,27,33)(H,28,34)/t20-,21-/m1/s1. The minimum Gasteiger partial charge on any atom is -0.391 e. The van der Waals surface area contributed by atoms with Crippen LogP contribution >= 0.6 is 11.6 Å². The lowest BCUT2D eigenvalue weighted by atomic mass is 10.1. The Morgan fingerprint density at radius 1 is 1.09 bits per heavy atom. The highest BCUT2D eigenvalue weighted by molar-refractivity contribution is 6.30. The predicted octanol–water partition coefficient (Wildman–Crippen LogP) is 3.19. The van der Waals surface area contributed by atoms with Crippen LogP contribution in [-0.4, -0.2) is 69.2 Å². The number of rotatable bonds is 6. The fourth-order valence-corrected chi connectivity index (χ4v) is 4.04. The van der Waals surface area contributed by atoms with Crippen molar-refractivity contribution in [1.82, 2.24) is 19.4 Å². The van der Waals surface area contributed by atoms with Gasteiger partial charge in [0.05, 0.1) is 12.6 Å². The molecule has 3 amide bonds. The summed E-state index contributed by atoms with van der Waals surface area (Å²) in [6, 6.07) is 12.8. The topological polar surface area (TPSA) is 103 Å². The summed E-state index contributed by atoms with van der Waals surface area (Å²) < 4.78 is 1.99. The molecular formula is C24H27ClN6O3. The summed E-state index contributed by atoms with van der Waals surface area (Å²) in [4.78, 5) is 33.5. The molecule has 10 heteroatoms. The van der Waals surface area contributed by atoms with E-state index >= 15 is 0 Å². The van der Waals surface area contributed by atoms with Crippen molar-refractivity contribution in [2.45, 2.75) is 25.1 Å². The normalized spacial score (nSPS) is 17.7. The first-order valence-electron chi connectivity index (χ1n) is 10.9. The van der Waals surface area contributed by atoms with Gasteiger partial charge in [-0.2, -0.15) is 0 Å². The van der Waals surface area contributed by atoms with Gasteiger partial charge in [-0.1, -0.05) is 11.6 Å². The van der Waals surface area contributed by atoms with Gasteiger partial charge in [0, 0.05) is 47.4 Å². The zero-order valence-corrected chi connectivity index (χ0v) is 19.7. The third kappa shape index (κ3) is 5.56. The Hall–Kier alpha value is -3.40. The van der Waals surface area contributed by atoms with Crippen molar-refractivity contribution >= 4 is 34.9 Å². The molecule has 0 unspecified atom stereocenters. The van der Waals surface area contributed by atoms with Crippen LogP contribution < -0.4 is 10.6 Å². The Bertz CT molecular complexity index is 1150. The lowest BCUT2D eigenvalue weighted by Crippen LogP contribution is -2.45. The quantitative estimate of drug-likeness (QED) is 0.500. The molecule has 2 atom stereocenters. The molecule has 0 bridgehead atoms. The summed E-state index contributed by atoms with van der Waals surface area (Å²) >= 11 is 5.89. The number of aromatic nitrogens is 2. The number of hydrogen-bond acceptors (Lipinski definition) is 5. The van der Waals surface area contributed by atoms with Crippen molar-refractivity contribution in [1.29, 1.82) is 0 Å². The van der Waals surface area contributed by atoms with Crippen LogP contribution in [-0.2, 0) is 11.3 Å². The third-order valence-corrected chi connectivity index (χ3v) is 5.78. The molecule has 178 valence electrons. The second-order valence-corrected chi connectivity index (χ2v) is 8.92. The van der Waals surface area contributed by atoms with Gasteiger partial charge >= 0.3 is 6.03 Å². The molecule has 2 heterocycles. The average Bonchev–Trinajstić information content (AvgIpc) is 3.42. The lowest BCUT2D eigenvalue weighted by molar-refractivity contribution is -0.119. The smallest absolute Gasteiger partial charge is 0.322 e. The van der Waals surface area contributed by atoms with E-state index in [0.29, 0.717) is 22.9 Å². The Balaban J connectivity index is 1.42. The van der Waals surface area contributed by atoms with E-state index in [4.69, 9.17) is 11.6 Å². The van der Waals surface area contributed by atoms with Crippen LogP contribution in [0.2, 0.25) is 5.02 Å². The summed E-state index contributed by atoms with van der Waals surface area (Å²) in [5, 5.41) is 16.3. The van der Waals surface area contributed by atoms with E-state index in [2.05, 4.69) is 15.6 Å². The molecular weight excluding hydrogens is 456 g/mol. The molecule has 3 N–H and O–H groups in total. The van der Waals surface area contributed by atoms with Crippen LogP contribution in [0.25, 0.3) is 5.69 Å². The number of urea groups is 1. The summed E-state index contributed by atoms with van der Waals surface area (Å²) in [5.74, 6) is 0.551. The highest BCUT2D eigenvalue weighted by Gasteiger charge is 2.39. The third-order valence-electron chi connectivity index (χ3n) is 5.53. The molecule has 0 radical (unpaired) electrons. The first kappa shape index (κ1) is 23.7. The number of benzene rings is 2. The van der Waals surface area contributed by atoms with Crippen molar-refractivity contribution in [3.05, 3.63) is 71.8 Å². The number of anilines is 2. The van der Waals surface area contributed by atoms with Crippen molar-refractivity contribution in [3.63, 3.8) is 0 Å². The van der Waals surface area contributed by atoms with E-state index in [1.807, 2.05) is 41.9 Å². The molecule has 34 heavy (non-hydrogen) atoms. The van der Waals surface area contributed by atoms with Crippen LogP contribution in [0, 0.1) is 0 Å². The molecule has 0 saturated carbocycles. The minimum atomic E-state index is -0.790. The van der Waals surface area contributed by atoms with E-state index < -0.39 is 18.2 Å². The number of aliphatic hydroxyl groups excluding tert-OH is 1. The number of likely N-dealkylation sites (tertiary alicyclic amines) is 1. The van der Waals surface area contributed by atoms with Crippen molar-refractivity contribution in [2.24, 2.45) is 0 Å². The largest absolute Gasteiger partial charge is 0.391 e. The van der Waals surface area contributed by atoms with E-state index in [9.17, 15) is 14.7 Å². The molecule has 2 aromatic carbocycles. The predicted molar refractivity (Wildman–Crippen MR) is 131 cm³/mol. The zero-order chi connectivity index (χ0) is 24.2. The van der Waals surface area contributed by atoms with E-state index in [-0.39, 0.29) is 18.9 Å². The Morgan fingerprint density at radius 3 is 2.41 bits per heavy atom. The van der Waals surface area contributed by atoms with Gasteiger partial charge in [0.2, 0.25) is 5.91 Å². The van der Waals surface area contributed by atoms with Gasteiger partial charge in [-0.05, 0) is 62.6 Å². The highest BCUT2D eigenvalue weighted by atomic mass is 35.5. The number of carbonyl (C=O) groups is 2. The summed E-state index contributed by atoms with van der Waals surface area (Å²) in [6.45, 7) is 0.773. The first-order valence-corrected chi connectivity index (χ1v) is 11.3. The Labute approximate surface area is 203 Å². The molecule has 3 aromatic rings. The summed E-state index contributed by atoms with van der Waals surface area (Å²) in [6.07, 6.45) is 3.04. The maximum Gasteiger partial charge on any atom is 0.322 e. The number of aliphatic hydroxyl groups is 1. The summed E-state index contributed by atoms with van der Waals surface area (Å²) in [7, 11) is 3.97. The van der Waals surface area contributed by atoms with Crippen molar-refractivity contribution in [2.75, 3.05) is 31.3 Å². The lowest BCUT2D eigenvalue weighted by Gasteiger charge is -2.24. The maximum absolute atomic E-state index is 13.0. The van der Waals surface area contributed by atoms with Crippen LogP contribution in [0.4, 0.5) is 16.2 Å². The van der Waals surface area contributed by atoms with Gasteiger partial charge in [0.25, 0.3) is 0 Å².